The minimum absolute atomic E-state index is 0.133. The molecule has 0 unspecified atom stereocenters. The summed E-state index contributed by atoms with van der Waals surface area (Å²) in [5.74, 6) is -0.641. The van der Waals surface area contributed by atoms with E-state index in [0.29, 0.717) is 6.42 Å². The molecule has 1 saturated heterocycles. The largest absolute Gasteiger partial charge is 0.469 e. The van der Waals surface area contributed by atoms with Crippen LogP contribution >= 0.6 is 0 Å². The maximum atomic E-state index is 11.7. The highest BCUT2D eigenvalue weighted by molar-refractivity contribution is 5.92. The number of hydrogen-bond donors (Lipinski definition) is 2. The van der Waals surface area contributed by atoms with Crippen LogP contribution in [0.25, 0.3) is 0 Å². The first kappa shape index (κ1) is 15.8. The van der Waals surface area contributed by atoms with Crippen molar-refractivity contribution < 1.29 is 23.9 Å². The van der Waals surface area contributed by atoms with Gasteiger partial charge in [-0.2, -0.15) is 0 Å². The summed E-state index contributed by atoms with van der Waals surface area (Å²) in [4.78, 5) is 34.2. The Labute approximate surface area is 128 Å². The van der Waals surface area contributed by atoms with Gasteiger partial charge in [0, 0.05) is 6.42 Å². The fourth-order valence-corrected chi connectivity index (χ4v) is 2.11. The van der Waals surface area contributed by atoms with Crippen molar-refractivity contribution in [1.29, 1.82) is 0 Å². The molecule has 1 fully saturated rings. The number of carbonyl (C=O) groups is 3. The topological polar surface area (TPSA) is 93.7 Å². The summed E-state index contributed by atoms with van der Waals surface area (Å²) >= 11 is 0. The number of carbonyl (C=O) groups excluding carboxylic acids is 3. The zero-order chi connectivity index (χ0) is 15.9. The van der Waals surface area contributed by atoms with Crippen molar-refractivity contribution in [2.75, 3.05) is 7.11 Å². The number of nitrogens with one attached hydrogen (secondary N) is 2. The molecule has 1 heterocycles. The molecular weight excluding hydrogens is 288 g/mol. The summed E-state index contributed by atoms with van der Waals surface area (Å²) in [6.07, 6.45) is -0.0763. The minimum Gasteiger partial charge on any atom is -0.469 e. The van der Waals surface area contributed by atoms with Gasteiger partial charge in [0.15, 0.2) is 0 Å². The van der Waals surface area contributed by atoms with Gasteiger partial charge >= 0.3 is 12.1 Å². The third-order valence-corrected chi connectivity index (χ3v) is 3.39. The Bertz CT molecular complexity index is 546. The number of benzene rings is 1. The minimum atomic E-state index is -0.673. The molecule has 1 aliphatic rings. The predicted octanol–water partition coefficient (Wildman–Crippen LogP) is 0.733. The van der Waals surface area contributed by atoms with E-state index in [0.717, 1.165) is 5.56 Å². The van der Waals surface area contributed by atoms with Crippen LogP contribution in [0, 0.1) is 0 Å². The summed E-state index contributed by atoms with van der Waals surface area (Å²) in [6, 6.07) is 8.28. The van der Waals surface area contributed by atoms with E-state index in [2.05, 4.69) is 15.4 Å². The van der Waals surface area contributed by atoms with Crippen LogP contribution in [-0.2, 0) is 25.7 Å². The molecule has 0 aromatic heterocycles. The normalized spacial score (nSPS) is 19.6. The second-order valence-corrected chi connectivity index (χ2v) is 4.91. The molecule has 0 bridgehead atoms. The molecule has 1 aromatic carbocycles. The summed E-state index contributed by atoms with van der Waals surface area (Å²) < 4.78 is 9.59. The summed E-state index contributed by atoms with van der Waals surface area (Å²) in [7, 11) is 1.30. The second kappa shape index (κ2) is 7.44. The molecule has 1 aliphatic heterocycles. The van der Waals surface area contributed by atoms with Gasteiger partial charge < -0.3 is 20.1 Å². The van der Waals surface area contributed by atoms with Crippen LogP contribution in [0.15, 0.2) is 30.3 Å². The van der Waals surface area contributed by atoms with Gasteiger partial charge in [-0.25, -0.2) is 4.79 Å². The molecule has 0 spiro atoms. The first-order chi connectivity index (χ1) is 10.6. The summed E-state index contributed by atoms with van der Waals surface area (Å²) in [5, 5.41) is 5.14. The van der Waals surface area contributed by atoms with E-state index >= 15 is 0 Å². The Balaban J connectivity index is 1.75. The van der Waals surface area contributed by atoms with Crippen molar-refractivity contribution in [3.63, 3.8) is 0 Å². The number of ether oxygens (including phenoxy) is 2. The van der Waals surface area contributed by atoms with Gasteiger partial charge in [-0.1, -0.05) is 30.3 Å². The Kier molecular flexibility index (Phi) is 5.35. The fraction of sp³-hybridized carbons (Fsp3) is 0.400. The lowest BCUT2D eigenvalue weighted by molar-refractivity contribution is -0.142. The molecule has 22 heavy (non-hydrogen) atoms. The molecule has 0 saturated carbocycles. The van der Waals surface area contributed by atoms with E-state index in [4.69, 9.17) is 4.74 Å². The molecular formula is C15H18N2O5. The van der Waals surface area contributed by atoms with Gasteiger partial charge in [-0.05, 0) is 12.0 Å². The number of esters is 1. The number of amides is 2. The van der Waals surface area contributed by atoms with Gasteiger partial charge in [-0.3, -0.25) is 9.59 Å². The number of alkyl carbamates (subject to hydrolysis) is 1. The van der Waals surface area contributed by atoms with Crippen LogP contribution in [0.4, 0.5) is 4.79 Å². The summed E-state index contributed by atoms with van der Waals surface area (Å²) in [6.45, 7) is 0.133. The predicted molar refractivity (Wildman–Crippen MR) is 76.7 cm³/mol. The Morgan fingerprint density at radius 1 is 1.27 bits per heavy atom. The van der Waals surface area contributed by atoms with Crippen molar-refractivity contribution in [3.8, 4) is 0 Å². The van der Waals surface area contributed by atoms with Crippen molar-refractivity contribution in [2.45, 2.75) is 31.5 Å². The number of hydrogen-bond acceptors (Lipinski definition) is 5. The molecule has 0 radical (unpaired) electrons. The molecule has 7 heteroatoms. The van der Waals surface area contributed by atoms with Gasteiger partial charge in [0.2, 0.25) is 5.91 Å². The third kappa shape index (κ3) is 4.21. The third-order valence-electron chi connectivity index (χ3n) is 3.39. The second-order valence-electron chi connectivity index (χ2n) is 4.91. The van der Waals surface area contributed by atoms with Crippen LogP contribution in [0.2, 0.25) is 0 Å². The van der Waals surface area contributed by atoms with Gasteiger partial charge in [0.1, 0.15) is 12.6 Å². The lowest BCUT2D eigenvalue weighted by atomic mass is 9.94. The molecule has 2 atom stereocenters. The Morgan fingerprint density at radius 3 is 2.64 bits per heavy atom. The standard InChI is InChI=1S/C15H18N2O5/c1-21-12(18)8-7-11-13(14(19)16-11)17-15(20)22-9-10-5-3-2-4-6-10/h2-6,11,13H,7-9H2,1H3,(H,16,19)(H,17,20)/t11-,13+/m0/s1. The maximum absolute atomic E-state index is 11.7. The van der Waals surface area contributed by atoms with Crippen molar-refractivity contribution in [1.82, 2.24) is 10.6 Å². The highest BCUT2D eigenvalue weighted by atomic mass is 16.5. The zero-order valence-corrected chi connectivity index (χ0v) is 12.2. The molecule has 0 aliphatic carbocycles. The first-order valence-corrected chi connectivity index (χ1v) is 6.94. The average Bonchev–Trinajstić information content (AvgIpc) is 2.55. The van der Waals surface area contributed by atoms with E-state index in [-0.39, 0.29) is 30.9 Å². The summed E-state index contributed by atoms with van der Waals surface area (Å²) in [5.41, 5.74) is 0.859. The van der Waals surface area contributed by atoms with Gasteiger partial charge in [-0.15, -0.1) is 0 Å². The molecule has 2 N–H and O–H groups in total. The van der Waals surface area contributed by atoms with Crippen LogP contribution < -0.4 is 10.6 Å². The van der Waals surface area contributed by atoms with Crippen molar-refractivity contribution in [2.24, 2.45) is 0 Å². The molecule has 2 amide bonds. The first-order valence-electron chi connectivity index (χ1n) is 6.94. The molecule has 1 aromatic rings. The highest BCUT2D eigenvalue weighted by Crippen LogP contribution is 2.13. The lowest BCUT2D eigenvalue weighted by Crippen LogP contribution is -2.69. The lowest BCUT2D eigenvalue weighted by Gasteiger charge is -2.36. The number of methoxy groups -OCH3 is 1. The number of β-lactam (4-membered cyclic amide) rings is 1. The molecule has 7 nitrogen and oxygen atoms in total. The highest BCUT2D eigenvalue weighted by Gasteiger charge is 2.40. The van der Waals surface area contributed by atoms with E-state index in [1.807, 2.05) is 30.3 Å². The maximum Gasteiger partial charge on any atom is 0.408 e. The monoisotopic (exact) mass is 306 g/mol. The Hall–Kier alpha value is -2.57. The molecule has 2 rings (SSSR count). The van der Waals surface area contributed by atoms with Crippen LogP contribution in [0.3, 0.4) is 0 Å². The fourth-order valence-electron chi connectivity index (χ4n) is 2.11. The van der Waals surface area contributed by atoms with E-state index in [1.54, 1.807) is 0 Å². The van der Waals surface area contributed by atoms with Gasteiger partial charge in [0.05, 0.1) is 13.2 Å². The van der Waals surface area contributed by atoms with Crippen LogP contribution in [-0.4, -0.2) is 37.2 Å². The SMILES string of the molecule is COC(=O)CC[C@@H]1NC(=O)[C@@H]1NC(=O)OCc1ccccc1. The zero-order valence-electron chi connectivity index (χ0n) is 12.2. The Morgan fingerprint density at radius 2 is 2.00 bits per heavy atom. The van der Waals surface area contributed by atoms with Crippen LogP contribution in [0.5, 0.6) is 0 Å². The van der Waals surface area contributed by atoms with E-state index in [9.17, 15) is 14.4 Å². The smallest absolute Gasteiger partial charge is 0.408 e. The number of rotatable bonds is 6. The average molecular weight is 306 g/mol. The molecule has 118 valence electrons. The van der Waals surface area contributed by atoms with E-state index in [1.165, 1.54) is 7.11 Å². The quantitative estimate of drug-likeness (QED) is 0.597. The van der Waals surface area contributed by atoms with E-state index < -0.39 is 12.1 Å². The van der Waals surface area contributed by atoms with Crippen molar-refractivity contribution >= 4 is 18.0 Å². The van der Waals surface area contributed by atoms with Gasteiger partial charge in [0.25, 0.3) is 0 Å². The van der Waals surface area contributed by atoms with Crippen LogP contribution in [0.1, 0.15) is 18.4 Å². The van der Waals surface area contributed by atoms with Crippen molar-refractivity contribution in [3.05, 3.63) is 35.9 Å².